The summed E-state index contributed by atoms with van der Waals surface area (Å²) in [6.45, 7) is 4.79. The van der Waals surface area contributed by atoms with Gasteiger partial charge in [-0.1, -0.05) is 26.0 Å². The summed E-state index contributed by atoms with van der Waals surface area (Å²) in [5.41, 5.74) is 6.41. The Morgan fingerprint density at radius 2 is 2.07 bits per heavy atom. The molecule has 0 aliphatic rings. The van der Waals surface area contributed by atoms with E-state index < -0.39 is 0 Å². The van der Waals surface area contributed by atoms with Gasteiger partial charge in [0.2, 0.25) is 0 Å². The highest BCUT2D eigenvalue weighted by Gasteiger charge is 2.23. The molecule has 0 amide bonds. The lowest BCUT2D eigenvalue weighted by Crippen LogP contribution is -2.21. The van der Waals surface area contributed by atoms with Gasteiger partial charge >= 0.3 is 0 Å². The van der Waals surface area contributed by atoms with Crippen molar-refractivity contribution in [1.29, 1.82) is 0 Å². The number of hydrogen-bond donors (Lipinski definition) is 2. The van der Waals surface area contributed by atoms with Crippen LogP contribution in [0, 0.1) is 0 Å². The van der Waals surface area contributed by atoms with Gasteiger partial charge in [-0.15, -0.1) is 0 Å². The Kier molecular flexibility index (Phi) is 3.56. The molecule has 0 heterocycles. The van der Waals surface area contributed by atoms with Crippen LogP contribution in [0.2, 0.25) is 0 Å². The van der Waals surface area contributed by atoms with Crippen molar-refractivity contribution in [3.05, 3.63) is 28.2 Å². The largest absolute Gasteiger partial charge is 0.506 e. The SMILES string of the molecule is CC(C)(CCN)c1cccc(Br)c1O. The van der Waals surface area contributed by atoms with E-state index in [4.69, 9.17) is 5.73 Å². The van der Waals surface area contributed by atoms with Crippen molar-refractivity contribution in [1.82, 2.24) is 0 Å². The van der Waals surface area contributed by atoms with Gasteiger partial charge in [-0.2, -0.15) is 0 Å². The van der Waals surface area contributed by atoms with E-state index in [1.165, 1.54) is 0 Å². The van der Waals surface area contributed by atoms with E-state index in [2.05, 4.69) is 29.8 Å². The van der Waals surface area contributed by atoms with Gasteiger partial charge in [-0.3, -0.25) is 0 Å². The van der Waals surface area contributed by atoms with Gasteiger partial charge in [0.1, 0.15) is 5.75 Å². The molecule has 1 aromatic carbocycles. The van der Waals surface area contributed by atoms with Crippen molar-refractivity contribution in [2.24, 2.45) is 5.73 Å². The summed E-state index contributed by atoms with van der Waals surface area (Å²) < 4.78 is 0.736. The molecule has 0 aliphatic heterocycles. The van der Waals surface area contributed by atoms with Crippen LogP contribution >= 0.6 is 15.9 Å². The number of para-hydroxylation sites is 1. The van der Waals surface area contributed by atoms with Crippen LogP contribution in [0.15, 0.2) is 22.7 Å². The quantitative estimate of drug-likeness (QED) is 0.875. The third-order valence-corrected chi connectivity index (χ3v) is 3.13. The summed E-state index contributed by atoms with van der Waals surface area (Å²) in [7, 11) is 0. The number of rotatable bonds is 3. The number of aromatic hydroxyl groups is 1. The monoisotopic (exact) mass is 257 g/mol. The normalized spacial score (nSPS) is 11.7. The van der Waals surface area contributed by atoms with Gasteiger partial charge in [0.15, 0.2) is 0 Å². The molecule has 0 radical (unpaired) electrons. The molecule has 1 rings (SSSR count). The summed E-state index contributed by atoms with van der Waals surface area (Å²) in [6, 6.07) is 5.70. The highest BCUT2D eigenvalue weighted by atomic mass is 79.9. The lowest BCUT2D eigenvalue weighted by Gasteiger charge is -2.25. The fraction of sp³-hybridized carbons (Fsp3) is 0.455. The molecule has 0 atom stereocenters. The van der Waals surface area contributed by atoms with Gasteiger partial charge in [-0.05, 0) is 40.4 Å². The Morgan fingerprint density at radius 3 is 2.64 bits per heavy atom. The van der Waals surface area contributed by atoms with Crippen LogP contribution in [0.1, 0.15) is 25.8 Å². The van der Waals surface area contributed by atoms with E-state index in [1.807, 2.05) is 18.2 Å². The Bertz CT molecular complexity index is 323. The van der Waals surface area contributed by atoms with Crippen LogP contribution < -0.4 is 5.73 Å². The fourth-order valence-electron chi connectivity index (χ4n) is 1.56. The molecule has 2 nitrogen and oxygen atoms in total. The first-order chi connectivity index (χ1) is 6.49. The zero-order valence-corrected chi connectivity index (χ0v) is 10.1. The standard InChI is InChI=1S/C11H16BrNO/c1-11(2,6-7-13)8-4-3-5-9(12)10(8)14/h3-5,14H,6-7,13H2,1-2H3. The molecule has 14 heavy (non-hydrogen) atoms. The third-order valence-electron chi connectivity index (χ3n) is 2.49. The van der Waals surface area contributed by atoms with Crippen LogP contribution in [0.25, 0.3) is 0 Å². The number of phenolic OH excluding ortho intramolecular Hbond substituents is 1. The van der Waals surface area contributed by atoms with Crippen LogP contribution in [0.3, 0.4) is 0 Å². The smallest absolute Gasteiger partial charge is 0.133 e. The van der Waals surface area contributed by atoms with Gasteiger partial charge in [0, 0.05) is 5.56 Å². The van der Waals surface area contributed by atoms with Crippen molar-refractivity contribution in [2.75, 3.05) is 6.54 Å². The predicted molar refractivity (Wildman–Crippen MR) is 62.5 cm³/mol. The van der Waals surface area contributed by atoms with E-state index in [1.54, 1.807) is 0 Å². The second kappa shape index (κ2) is 4.32. The molecule has 0 spiro atoms. The van der Waals surface area contributed by atoms with Crippen LogP contribution in [-0.2, 0) is 5.41 Å². The topological polar surface area (TPSA) is 46.2 Å². The average Bonchev–Trinajstić information content (AvgIpc) is 2.09. The maximum absolute atomic E-state index is 9.87. The van der Waals surface area contributed by atoms with Crippen LogP contribution in [0.4, 0.5) is 0 Å². The van der Waals surface area contributed by atoms with Crippen LogP contribution in [-0.4, -0.2) is 11.7 Å². The minimum absolute atomic E-state index is 0.0807. The first-order valence-corrected chi connectivity index (χ1v) is 5.46. The average molecular weight is 258 g/mol. The molecule has 0 bridgehead atoms. The van der Waals surface area contributed by atoms with Gasteiger partial charge in [0.05, 0.1) is 4.47 Å². The van der Waals surface area contributed by atoms with E-state index in [-0.39, 0.29) is 5.41 Å². The molecule has 3 heteroatoms. The van der Waals surface area contributed by atoms with Crippen molar-refractivity contribution in [3.63, 3.8) is 0 Å². The second-order valence-electron chi connectivity index (χ2n) is 4.06. The van der Waals surface area contributed by atoms with E-state index in [9.17, 15) is 5.11 Å². The molecule has 0 aromatic heterocycles. The fourth-order valence-corrected chi connectivity index (χ4v) is 1.92. The number of benzene rings is 1. The molecule has 0 saturated carbocycles. The highest BCUT2D eigenvalue weighted by Crippen LogP contribution is 2.37. The van der Waals surface area contributed by atoms with Crippen molar-refractivity contribution < 1.29 is 5.11 Å². The second-order valence-corrected chi connectivity index (χ2v) is 4.91. The lowest BCUT2D eigenvalue weighted by molar-refractivity contribution is 0.421. The summed E-state index contributed by atoms with van der Waals surface area (Å²) in [5.74, 6) is 0.325. The maximum Gasteiger partial charge on any atom is 0.133 e. The van der Waals surface area contributed by atoms with E-state index >= 15 is 0 Å². The third kappa shape index (κ3) is 2.28. The highest BCUT2D eigenvalue weighted by molar-refractivity contribution is 9.10. The summed E-state index contributed by atoms with van der Waals surface area (Å²) >= 11 is 3.31. The van der Waals surface area contributed by atoms with Gasteiger partial charge in [-0.25, -0.2) is 0 Å². The molecule has 0 unspecified atom stereocenters. The van der Waals surface area contributed by atoms with E-state index in [0.717, 1.165) is 16.5 Å². The first kappa shape index (κ1) is 11.5. The summed E-state index contributed by atoms with van der Waals surface area (Å²) in [6.07, 6.45) is 0.858. The Hall–Kier alpha value is -0.540. The van der Waals surface area contributed by atoms with Crippen molar-refractivity contribution in [2.45, 2.75) is 25.7 Å². The van der Waals surface area contributed by atoms with Gasteiger partial charge < -0.3 is 10.8 Å². The van der Waals surface area contributed by atoms with E-state index in [0.29, 0.717) is 12.3 Å². The molecule has 0 fully saturated rings. The minimum Gasteiger partial charge on any atom is -0.506 e. The molecule has 0 aliphatic carbocycles. The molecular formula is C11H16BrNO. The Balaban J connectivity index is 3.12. The van der Waals surface area contributed by atoms with Crippen molar-refractivity contribution >= 4 is 15.9 Å². The molecular weight excluding hydrogens is 242 g/mol. The number of nitrogens with two attached hydrogens (primary N) is 1. The molecule has 1 aromatic rings. The number of halogens is 1. The molecule has 3 N–H and O–H groups in total. The zero-order chi connectivity index (χ0) is 10.8. The number of phenols is 1. The molecule has 78 valence electrons. The predicted octanol–water partition coefficient (Wildman–Crippen LogP) is 2.78. The number of hydrogen-bond acceptors (Lipinski definition) is 2. The Morgan fingerprint density at radius 1 is 1.43 bits per heavy atom. The lowest BCUT2D eigenvalue weighted by atomic mass is 9.81. The molecule has 0 saturated heterocycles. The first-order valence-electron chi connectivity index (χ1n) is 4.67. The van der Waals surface area contributed by atoms with Gasteiger partial charge in [0.25, 0.3) is 0 Å². The van der Waals surface area contributed by atoms with Crippen LogP contribution in [0.5, 0.6) is 5.75 Å². The summed E-state index contributed by atoms with van der Waals surface area (Å²) in [4.78, 5) is 0. The minimum atomic E-state index is -0.0807. The maximum atomic E-state index is 9.87. The Labute approximate surface area is 93.3 Å². The summed E-state index contributed by atoms with van der Waals surface area (Å²) in [5, 5.41) is 9.87. The zero-order valence-electron chi connectivity index (χ0n) is 8.55. The van der Waals surface area contributed by atoms with Crippen molar-refractivity contribution in [3.8, 4) is 5.75 Å².